The fourth-order valence-corrected chi connectivity index (χ4v) is 3.10. The lowest BCUT2D eigenvalue weighted by molar-refractivity contribution is -0.119. The molecule has 1 unspecified atom stereocenters. The van der Waals surface area contributed by atoms with Gasteiger partial charge in [0.1, 0.15) is 11.6 Å². The number of carbonyl (C=O) groups is 1. The first-order valence-corrected chi connectivity index (χ1v) is 8.28. The molecule has 1 aliphatic heterocycles. The maximum atomic E-state index is 13.7. The van der Waals surface area contributed by atoms with Crippen LogP contribution in [0.25, 0.3) is 0 Å². The van der Waals surface area contributed by atoms with Crippen molar-refractivity contribution < 1.29 is 9.18 Å². The van der Waals surface area contributed by atoms with Gasteiger partial charge in [0.25, 0.3) is 0 Å². The van der Waals surface area contributed by atoms with Gasteiger partial charge < -0.3 is 4.57 Å². The standard InChI is InChI=1S/C18H19FN4O/c19-15-7-4-3-6-13(15)9-10-16(24)14(12-20)18-22-21-17-8-2-1-5-11-23(17)18/h3-4,6-7,14H,1-2,5,8-11H2. The molecule has 0 amide bonds. The molecule has 24 heavy (non-hydrogen) atoms. The van der Waals surface area contributed by atoms with Crippen LogP contribution in [0, 0.1) is 17.1 Å². The first-order valence-electron chi connectivity index (χ1n) is 8.28. The highest BCUT2D eigenvalue weighted by Gasteiger charge is 2.27. The molecular formula is C18H19FN4O. The number of carbonyl (C=O) groups excluding carboxylic acids is 1. The molecule has 0 spiro atoms. The van der Waals surface area contributed by atoms with E-state index in [1.54, 1.807) is 18.2 Å². The van der Waals surface area contributed by atoms with Crippen LogP contribution < -0.4 is 0 Å². The van der Waals surface area contributed by atoms with Crippen molar-refractivity contribution >= 4 is 5.78 Å². The number of Topliss-reactive ketones (excluding diaryl/α,β-unsaturated/α-hetero) is 1. The van der Waals surface area contributed by atoms with E-state index in [1.165, 1.54) is 6.07 Å². The summed E-state index contributed by atoms with van der Waals surface area (Å²) in [7, 11) is 0. The minimum atomic E-state index is -0.934. The number of hydrogen-bond acceptors (Lipinski definition) is 4. The Morgan fingerprint density at radius 2 is 2.12 bits per heavy atom. The summed E-state index contributed by atoms with van der Waals surface area (Å²) in [6.07, 6.45) is 4.39. The summed E-state index contributed by atoms with van der Waals surface area (Å²) < 4.78 is 15.6. The largest absolute Gasteiger partial charge is 0.313 e. The monoisotopic (exact) mass is 326 g/mol. The molecule has 1 aromatic carbocycles. The molecule has 6 heteroatoms. The van der Waals surface area contributed by atoms with Crippen molar-refractivity contribution in [2.75, 3.05) is 0 Å². The molecule has 1 aromatic heterocycles. The molecule has 2 heterocycles. The van der Waals surface area contributed by atoms with Gasteiger partial charge in [0, 0.05) is 19.4 Å². The van der Waals surface area contributed by atoms with E-state index < -0.39 is 5.92 Å². The molecule has 0 N–H and O–H groups in total. The second kappa shape index (κ2) is 7.35. The number of nitrogens with zero attached hydrogens (tertiary/aromatic N) is 4. The van der Waals surface area contributed by atoms with E-state index in [9.17, 15) is 14.4 Å². The summed E-state index contributed by atoms with van der Waals surface area (Å²) in [6.45, 7) is 0.746. The van der Waals surface area contributed by atoms with Crippen LogP contribution >= 0.6 is 0 Å². The fourth-order valence-electron chi connectivity index (χ4n) is 3.10. The Balaban J connectivity index is 1.75. The van der Waals surface area contributed by atoms with E-state index in [1.807, 2.05) is 4.57 Å². The van der Waals surface area contributed by atoms with E-state index >= 15 is 0 Å². The van der Waals surface area contributed by atoms with Crippen LogP contribution in [0.2, 0.25) is 0 Å². The average Bonchev–Trinajstić information content (AvgIpc) is 2.83. The quantitative estimate of drug-likeness (QED) is 0.847. The molecule has 2 aromatic rings. The van der Waals surface area contributed by atoms with Gasteiger partial charge in [-0.25, -0.2) is 4.39 Å². The number of fused-ring (bicyclic) bond motifs is 1. The molecule has 0 radical (unpaired) electrons. The number of rotatable bonds is 5. The number of nitriles is 1. The fraction of sp³-hybridized carbons (Fsp3) is 0.444. The molecule has 1 aliphatic rings. The van der Waals surface area contributed by atoms with Gasteiger partial charge in [-0.1, -0.05) is 24.6 Å². The predicted octanol–water partition coefficient (Wildman–Crippen LogP) is 2.95. The summed E-state index contributed by atoms with van der Waals surface area (Å²) >= 11 is 0. The van der Waals surface area contributed by atoms with Gasteiger partial charge in [-0.15, -0.1) is 10.2 Å². The highest BCUT2D eigenvalue weighted by atomic mass is 19.1. The minimum Gasteiger partial charge on any atom is -0.313 e. The Morgan fingerprint density at radius 3 is 2.92 bits per heavy atom. The first kappa shape index (κ1) is 16.3. The van der Waals surface area contributed by atoms with Crippen LogP contribution in [0.4, 0.5) is 4.39 Å². The van der Waals surface area contributed by atoms with E-state index in [0.29, 0.717) is 11.4 Å². The van der Waals surface area contributed by atoms with Crippen LogP contribution in [-0.4, -0.2) is 20.5 Å². The normalized spacial score (nSPS) is 15.2. The second-order valence-electron chi connectivity index (χ2n) is 6.06. The van der Waals surface area contributed by atoms with Crippen molar-refractivity contribution in [1.82, 2.24) is 14.8 Å². The van der Waals surface area contributed by atoms with E-state index in [0.717, 1.165) is 38.1 Å². The molecule has 0 fully saturated rings. The van der Waals surface area contributed by atoms with Crippen LogP contribution in [0.1, 0.15) is 48.8 Å². The zero-order valence-corrected chi connectivity index (χ0v) is 13.4. The third-order valence-corrected chi connectivity index (χ3v) is 4.45. The highest BCUT2D eigenvalue weighted by molar-refractivity contribution is 5.87. The van der Waals surface area contributed by atoms with Crippen molar-refractivity contribution in [2.45, 2.75) is 51.0 Å². The Kier molecular flexibility index (Phi) is 4.99. The number of ketones is 1. The number of hydrogen-bond donors (Lipinski definition) is 0. The molecule has 5 nitrogen and oxygen atoms in total. The number of benzene rings is 1. The molecule has 0 saturated carbocycles. The van der Waals surface area contributed by atoms with Crippen molar-refractivity contribution in [3.63, 3.8) is 0 Å². The van der Waals surface area contributed by atoms with Crippen LogP contribution in [0.3, 0.4) is 0 Å². The SMILES string of the molecule is N#CC(C(=O)CCc1ccccc1F)c1nnc2n1CCCCC2. The molecule has 0 bridgehead atoms. The Labute approximate surface area is 140 Å². The minimum absolute atomic E-state index is 0.112. The number of halogens is 1. The zero-order chi connectivity index (χ0) is 16.9. The summed E-state index contributed by atoms with van der Waals surface area (Å²) in [5.41, 5.74) is 0.489. The zero-order valence-electron chi connectivity index (χ0n) is 13.4. The second-order valence-corrected chi connectivity index (χ2v) is 6.06. The topological polar surface area (TPSA) is 71.6 Å². The highest BCUT2D eigenvalue weighted by Crippen LogP contribution is 2.22. The van der Waals surface area contributed by atoms with Crippen molar-refractivity contribution in [3.8, 4) is 6.07 Å². The molecule has 0 aliphatic carbocycles. The van der Waals surface area contributed by atoms with Crippen molar-refractivity contribution in [3.05, 3.63) is 47.3 Å². The van der Waals surface area contributed by atoms with Crippen molar-refractivity contribution in [1.29, 1.82) is 5.26 Å². The lowest BCUT2D eigenvalue weighted by Crippen LogP contribution is -2.18. The molecule has 3 rings (SSSR count). The summed E-state index contributed by atoms with van der Waals surface area (Å²) in [6, 6.07) is 8.45. The third-order valence-electron chi connectivity index (χ3n) is 4.45. The van der Waals surface area contributed by atoms with E-state index in [-0.39, 0.29) is 24.4 Å². The third kappa shape index (κ3) is 3.35. The smallest absolute Gasteiger partial charge is 0.164 e. The average molecular weight is 326 g/mol. The summed E-state index contributed by atoms with van der Waals surface area (Å²) in [5.74, 6) is -0.205. The number of aromatic nitrogens is 3. The summed E-state index contributed by atoms with van der Waals surface area (Å²) in [5, 5.41) is 17.7. The van der Waals surface area contributed by atoms with Gasteiger partial charge in [-0.3, -0.25) is 4.79 Å². The maximum Gasteiger partial charge on any atom is 0.164 e. The van der Waals surface area contributed by atoms with Gasteiger partial charge in [-0.05, 0) is 30.9 Å². The van der Waals surface area contributed by atoms with Gasteiger partial charge in [0.15, 0.2) is 17.5 Å². The van der Waals surface area contributed by atoms with Gasteiger partial charge in [0.2, 0.25) is 0 Å². The lowest BCUT2D eigenvalue weighted by atomic mass is 9.98. The molecule has 124 valence electrons. The maximum absolute atomic E-state index is 13.7. The van der Waals surface area contributed by atoms with Gasteiger partial charge in [-0.2, -0.15) is 5.26 Å². The lowest BCUT2D eigenvalue weighted by Gasteiger charge is -2.11. The van der Waals surface area contributed by atoms with E-state index in [4.69, 9.17) is 0 Å². The first-order chi connectivity index (χ1) is 11.7. The Morgan fingerprint density at radius 1 is 1.29 bits per heavy atom. The van der Waals surface area contributed by atoms with E-state index in [2.05, 4.69) is 16.3 Å². The van der Waals surface area contributed by atoms with Crippen LogP contribution in [0.5, 0.6) is 0 Å². The van der Waals surface area contributed by atoms with Crippen molar-refractivity contribution in [2.24, 2.45) is 0 Å². The van der Waals surface area contributed by atoms with Crippen LogP contribution in [-0.2, 0) is 24.2 Å². The molecular weight excluding hydrogens is 307 g/mol. The predicted molar refractivity (Wildman–Crippen MR) is 85.7 cm³/mol. The summed E-state index contributed by atoms with van der Waals surface area (Å²) in [4.78, 5) is 12.5. The van der Waals surface area contributed by atoms with Gasteiger partial charge in [0.05, 0.1) is 6.07 Å². The van der Waals surface area contributed by atoms with Gasteiger partial charge >= 0.3 is 0 Å². The van der Waals surface area contributed by atoms with Crippen LogP contribution in [0.15, 0.2) is 24.3 Å². The number of aryl methyl sites for hydroxylation is 2. The Bertz CT molecular complexity index is 778. The molecule has 0 saturated heterocycles. The molecule has 1 atom stereocenters. The Hall–Kier alpha value is -2.55.